The van der Waals surface area contributed by atoms with Crippen LogP contribution in [0.2, 0.25) is 0 Å². The van der Waals surface area contributed by atoms with E-state index in [-0.39, 0.29) is 11.6 Å². The molecule has 0 amide bonds. The van der Waals surface area contributed by atoms with Crippen molar-refractivity contribution in [1.82, 2.24) is 15.5 Å². The SMILES string of the molecule is CCCNCc1nnc(C(C(F)(F)F)C(F)(F)F)s1. The van der Waals surface area contributed by atoms with Crippen molar-refractivity contribution in [2.45, 2.75) is 38.2 Å². The lowest BCUT2D eigenvalue weighted by atomic mass is 10.1. The quantitative estimate of drug-likeness (QED) is 0.670. The van der Waals surface area contributed by atoms with Crippen LogP contribution in [-0.2, 0) is 6.54 Å². The zero-order valence-electron chi connectivity index (χ0n) is 9.77. The monoisotopic (exact) mass is 307 g/mol. The van der Waals surface area contributed by atoms with Crippen molar-refractivity contribution >= 4 is 11.3 Å². The highest BCUT2D eigenvalue weighted by Gasteiger charge is 2.59. The first-order valence-electron chi connectivity index (χ1n) is 5.32. The lowest BCUT2D eigenvalue weighted by molar-refractivity contribution is -0.253. The lowest BCUT2D eigenvalue weighted by Gasteiger charge is -2.20. The predicted octanol–water partition coefficient (Wildman–Crippen LogP) is 3.25. The minimum atomic E-state index is -5.42. The van der Waals surface area contributed by atoms with E-state index in [9.17, 15) is 26.3 Å². The van der Waals surface area contributed by atoms with E-state index in [1.54, 1.807) is 0 Å². The Kier molecular flexibility index (Phi) is 5.13. The Morgan fingerprint density at radius 3 is 2.16 bits per heavy atom. The average molecular weight is 307 g/mol. The molecule has 0 bridgehead atoms. The number of nitrogens with one attached hydrogen (secondary N) is 1. The molecule has 0 unspecified atom stereocenters. The highest BCUT2D eigenvalue weighted by Crippen LogP contribution is 2.46. The smallest absolute Gasteiger partial charge is 0.310 e. The summed E-state index contributed by atoms with van der Waals surface area (Å²) < 4.78 is 74.5. The van der Waals surface area contributed by atoms with Gasteiger partial charge in [0, 0.05) is 6.54 Å². The molecular weight excluding hydrogens is 296 g/mol. The van der Waals surface area contributed by atoms with E-state index in [1.807, 2.05) is 6.92 Å². The van der Waals surface area contributed by atoms with Gasteiger partial charge in [0.1, 0.15) is 10.0 Å². The van der Waals surface area contributed by atoms with Crippen LogP contribution in [0.4, 0.5) is 26.3 Å². The molecule has 0 radical (unpaired) electrons. The van der Waals surface area contributed by atoms with Gasteiger partial charge in [0.05, 0.1) is 0 Å². The van der Waals surface area contributed by atoms with Gasteiger partial charge in [-0.15, -0.1) is 10.2 Å². The molecule has 10 heteroatoms. The molecule has 0 atom stereocenters. The molecule has 0 saturated carbocycles. The fraction of sp³-hybridized carbons (Fsp3) is 0.778. The first kappa shape index (κ1) is 16.2. The van der Waals surface area contributed by atoms with Gasteiger partial charge in [0.2, 0.25) is 5.92 Å². The molecule has 3 nitrogen and oxygen atoms in total. The Morgan fingerprint density at radius 2 is 1.68 bits per heavy atom. The number of rotatable bonds is 5. The van der Waals surface area contributed by atoms with Crippen LogP contribution < -0.4 is 5.32 Å². The van der Waals surface area contributed by atoms with Crippen LogP contribution in [0, 0.1) is 0 Å². The summed E-state index contributed by atoms with van der Waals surface area (Å²) in [5, 5.41) is 8.21. The molecule has 0 fully saturated rings. The van der Waals surface area contributed by atoms with Crippen molar-refractivity contribution in [2.24, 2.45) is 0 Å². The summed E-state index contributed by atoms with van der Waals surface area (Å²) in [4.78, 5) is 0. The summed E-state index contributed by atoms with van der Waals surface area (Å²) in [6.07, 6.45) is -10.1. The summed E-state index contributed by atoms with van der Waals surface area (Å²) >= 11 is 0.320. The molecule has 1 rings (SSSR count). The van der Waals surface area contributed by atoms with Crippen molar-refractivity contribution in [1.29, 1.82) is 0 Å². The molecular formula is C9H11F6N3S. The van der Waals surface area contributed by atoms with E-state index in [0.29, 0.717) is 17.9 Å². The highest BCUT2D eigenvalue weighted by molar-refractivity contribution is 7.11. The third-order valence-corrected chi connectivity index (χ3v) is 3.08. The summed E-state index contributed by atoms with van der Waals surface area (Å²) in [5.41, 5.74) is 0. The maximum atomic E-state index is 12.4. The second-order valence-corrected chi connectivity index (χ2v) is 4.82. The molecule has 110 valence electrons. The maximum absolute atomic E-state index is 12.4. The fourth-order valence-corrected chi connectivity index (χ4v) is 2.26. The molecule has 0 aliphatic carbocycles. The van der Waals surface area contributed by atoms with Gasteiger partial charge in [-0.05, 0) is 13.0 Å². The maximum Gasteiger partial charge on any atom is 0.406 e. The molecule has 0 aromatic carbocycles. The topological polar surface area (TPSA) is 37.8 Å². The number of hydrogen-bond donors (Lipinski definition) is 1. The summed E-state index contributed by atoms with van der Waals surface area (Å²) in [7, 11) is 0. The first-order chi connectivity index (χ1) is 8.66. The van der Waals surface area contributed by atoms with E-state index < -0.39 is 23.3 Å². The van der Waals surface area contributed by atoms with Crippen molar-refractivity contribution in [3.63, 3.8) is 0 Å². The molecule has 1 aromatic rings. The van der Waals surface area contributed by atoms with E-state index in [0.717, 1.165) is 6.42 Å². The van der Waals surface area contributed by atoms with Gasteiger partial charge >= 0.3 is 12.4 Å². The lowest BCUT2D eigenvalue weighted by Crippen LogP contribution is -2.34. The summed E-state index contributed by atoms with van der Waals surface area (Å²) in [6, 6.07) is 0. The van der Waals surface area contributed by atoms with E-state index in [1.165, 1.54) is 0 Å². The van der Waals surface area contributed by atoms with Crippen LogP contribution in [-0.4, -0.2) is 29.1 Å². The number of aromatic nitrogens is 2. The van der Waals surface area contributed by atoms with Crippen LogP contribution in [0.1, 0.15) is 29.3 Å². The molecule has 0 spiro atoms. The van der Waals surface area contributed by atoms with Crippen molar-refractivity contribution in [2.75, 3.05) is 6.54 Å². The molecule has 1 N–H and O–H groups in total. The van der Waals surface area contributed by atoms with Gasteiger partial charge < -0.3 is 5.32 Å². The molecule has 1 heterocycles. The van der Waals surface area contributed by atoms with E-state index in [2.05, 4.69) is 15.5 Å². The van der Waals surface area contributed by atoms with Gasteiger partial charge in [-0.2, -0.15) is 26.3 Å². The molecule has 0 aliphatic heterocycles. The third-order valence-electron chi connectivity index (χ3n) is 2.09. The Labute approximate surface area is 109 Å². The summed E-state index contributed by atoms with van der Waals surface area (Å²) in [5.74, 6) is -3.57. The van der Waals surface area contributed by atoms with Crippen LogP contribution in [0.5, 0.6) is 0 Å². The van der Waals surface area contributed by atoms with Crippen LogP contribution in [0.15, 0.2) is 0 Å². The molecule has 1 aromatic heterocycles. The standard InChI is InChI=1S/C9H11F6N3S/c1-2-3-16-4-5-17-18-7(19-5)6(8(10,11)12)9(13,14)15/h6,16H,2-4H2,1H3. The van der Waals surface area contributed by atoms with Crippen molar-refractivity contribution in [3.8, 4) is 0 Å². The van der Waals surface area contributed by atoms with Crippen LogP contribution >= 0.6 is 11.3 Å². The zero-order chi connectivity index (χ0) is 14.7. The summed E-state index contributed by atoms with van der Waals surface area (Å²) in [6.45, 7) is 2.58. The average Bonchev–Trinajstić information content (AvgIpc) is 2.62. The Morgan fingerprint density at radius 1 is 1.11 bits per heavy atom. The van der Waals surface area contributed by atoms with E-state index in [4.69, 9.17) is 0 Å². The molecule has 0 aliphatic rings. The normalized spacial score (nSPS) is 13.3. The van der Waals surface area contributed by atoms with Gasteiger partial charge in [0.25, 0.3) is 0 Å². The van der Waals surface area contributed by atoms with Crippen molar-refractivity contribution < 1.29 is 26.3 Å². The second kappa shape index (κ2) is 6.04. The van der Waals surface area contributed by atoms with Gasteiger partial charge in [0.15, 0.2) is 0 Å². The number of alkyl halides is 6. The van der Waals surface area contributed by atoms with Crippen LogP contribution in [0.25, 0.3) is 0 Å². The largest absolute Gasteiger partial charge is 0.406 e. The fourth-order valence-electron chi connectivity index (χ4n) is 1.29. The number of nitrogens with zero attached hydrogens (tertiary/aromatic N) is 2. The highest BCUT2D eigenvalue weighted by atomic mass is 32.1. The van der Waals surface area contributed by atoms with Crippen molar-refractivity contribution in [3.05, 3.63) is 10.0 Å². The zero-order valence-corrected chi connectivity index (χ0v) is 10.6. The molecule has 0 saturated heterocycles. The predicted molar refractivity (Wildman–Crippen MR) is 56.8 cm³/mol. The molecule has 19 heavy (non-hydrogen) atoms. The second-order valence-electron chi connectivity index (χ2n) is 3.73. The van der Waals surface area contributed by atoms with E-state index >= 15 is 0 Å². The Bertz CT molecular complexity index is 385. The minimum absolute atomic E-state index is 0.0990. The third kappa shape index (κ3) is 4.60. The van der Waals surface area contributed by atoms with Gasteiger partial charge in [-0.3, -0.25) is 0 Å². The number of hydrogen-bond acceptors (Lipinski definition) is 4. The Balaban J connectivity index is 2.87. The van der Waals surface area contributed by atoms with Crippen LogP contribution in [0.3, 0.4) is 0 Å². The number of halogens is 6. The Hall–Kier alpha value is -0.900. The van der Waals surface area contributed by atoms with Gasteiger partial charge in [-0.25, -0.2) is 0 Å². The first-order valence-corrected chi connectivity index (χ1v) is 6.14. The minimum Gasteiger partial charge on any atom is -0.310 e. The van der Waals surface area contributed by atoms with Gasteiger partial charge in [-0.1, -0.05) is 18.3 Å².